The van der Waals surface area contributed by atoms with Gasteiger partial charge in [0.2, 0.25) is 0 Å². The normalized spacial score (nSPS) is 17.4. The standard InChI is InChI=1S/C18H22ClN3OS/c1-13(20-18(23)21-15-7-4-6-14(19)12-15)17(16-8-5-11-24-16)22-9-2-3-10-22/h4-8,11-13,17H,2-3,9-10H2,1H3,(H2,20,21,23)/p+1/t13-,17-/m1/s1. The van der Waals surface area contributed by atoms with Gasteiger partial charge in [-0.2, -0.15) is 0 Å². The largest absolute Gasteiger partial charge is 0.329 e. The third-order valence-electron chi connectivity index (χ3n) is 4.48. The van der Waals surface area contributed by atoms with Gasteiger partial charge in [0.25, 0.3) is 0 Å². The SMILES string of the molecule is C[C@@H](NC(=O)Nc1cccc(Cl)c1)[C@H](c1cccs1)[NH+]1CCCC1. The molecule has 2 heterocycles. The third kappa shape index (κ3) is 4.29. The van der Waals surface area contributed by atoms with Gasteiger partial charge in [0.15, 0.2) is 0 Å². The molecular weight excluding hydrogens is 342 g/mol. The van der Waals surface area contributed by atoms with Crippen molar-refractivity contribution in [1.82, 2.24) is 5.32 Å². The molecule has 0 bridgehead atoms. The van der Waals surface area contributed by atoms with Crippen molar-refractivity contribution in [2.75, 3.05) is 18.4 Å². The van der Waals surface area contributed by atoms with Crippen LogP contribution in [-0.4, -0.2) is 25.2 Å². The maximum atomic E-state index is 12.4. The summed E-state index contributed by atoms with van der Waals surface area (Å²) in [5, 5.41) is 8.69. The van der Waals surface area contributed by atoms with Crippen molar-refractivity contribution in [3.05, 3.63) is 51.7 Å². The Kier molecular flexibility index (Phi) is 5.76. The second-order valence-electron chi connectivity index (χ2n) is 6.26. The van der Waals surface area contributed by atoms with Crippen LogP contribution in [0.2, 0.25) is 5.02 Å². The van der Waals surface area contributed by atoms with Crippen molar-refractivity contribution in [3.8, 4) is 0 Å². The second-order valence-corrected chi connectivity index (χ2v) is 7.67. The smallest absolute Gasteiger partial charge is 0.319 e. The van der Waals surface area contributed by atoms with E-state index in [0.29, 0.717) is 16.8 Å². The van der Waals surface area contributed by atoms with Gasteiger partial charge in [0.1, 0.15) is 6.04 Å². The van der Waals surface area contributed by atoms with Crippen molar-refractivity contribution in [3.63, 3.8) is 0 Å². The molecule has 1 aliphatic rings. The summed E-state index contributed by atoms with van der Waals surface area (Å²) in [5.74, 6) is 0. The van der Waals surface area contributed by atoms with E-state index in [9.17, 15) is 4.79 Å². The molecule has 0 unspecified atom stereocenters. The molecule has 0 spiro atoms. The molecule has 2 amide bonds. The summed E-state index contributed by atoms with van der Waals surface area (Å²) >= 11 is 7.73. The number of thiophene rings is 1. The van der Waals surface area contributed by atoms with E-state index in [4.69, 9.17) is 11.6 Å². The van der Waals surface area contributed by atoms with Gasteiger partial charge in [-0.05, 0) is 36.6 Å². The van der Waals surface area contributed by atoms with Crippen LogP contribution in [0.3, 0.4) is 0 Å². The number of rotatable bonds is 5. The van der Waals surface area contributed by atoms with Gasteiger partial charge in [0.05, 0.1) is 24.0 Å². The van der Waals surface area contributed by atoms with E-state index in [2.05, 4.69) is 35.1 Å². The second kappa shape index (κ2) is 8.01. The molecule has 2 aromatic rings. The molecule has 3 rings (SSSR count). The highest BCUT2D eigenvalue weighted by Gasteiger charge is 2.33. The Morgan fingerprint density at radius 3 is 2.71 bits per heavy atom. The number of carbonyl (C=O) groups excluding carboxylic acids is 1. The summed E-state index contributed by atoms with van der Waals surface area (Å²) in [7, 11) is 0. The predicted octanol–water partition coefficient (Wildman–Crippen LogP) is 3.33. The number of benzene rings is 1. The first-order valence-corrected chi connectivity index (χ1v) is 9.60. The number of halogens is 1. The van der Waals surface area contributed by atoms with E-state index in [-0.39, 0.29) is 12.1 Å². The Hall–Kier alpha value is -1.56. The molecule has 1 aromatic heterocycles. The minimum atomic E-state index is -0.190. The van der Waals surface area contributed by atoms with E-state index >= 15 is 0 Å². The zero-order valence-electron chi connectivity index (χ0n) is 13.7. The molecule has 1 saturated heterocycles. The van der Waals surface area contributed by atoms with Crippen molar-refractivity contribution in [2.45, 2.75) is 31.8 Å². The lowest BCUT2D eigenvalue weighted by Crippen LogP contribution is -3.11. The van der Waals surface area contributed by atoms with Gasteiger partial charge in [-0.1, -0.05) is 23.7 Å². The number of hydrogen-bond donors (Lipinski definition) is 3. The molecule has 128 valence electrons. The van der Waals surface area contributed by atoms with Crippen LogP contribution in [0.25, 0.3) is 0 Å². The van der Waals surface area contributed by atoms with Crippen molar-refractivity contribution >= 4 is 34.7 Å². The van der Waals surface area contributed by atoms with Crippen LogP contribution < -0.4 is 15.5 Å². The van der Waals surface area contributed by atoms with Crippen LogP contribution in [0.5, 0.6) is 0 Å². The summed E-state index contributed by atoms with van der Waals surface area (Å²) in [5.41, 5.74) is 0.702. The molecule has 4 nitrogen and oxygen atoms in total. The number of carbonyl (C=O) groups is 1. The zero-order valence-corrected chi connectivity index (χ0v) is 15.3. The van der Waals surface area contributed by atoms with Crippen molar-refractivity contribution < 1.29 is 9.69 Å². The topological polar surface area (TPSA) is 45.6 Å². The number of hydrogen-bond acceptors (Lipinski definition) is 2. The molecule has 2 atom stereocenters. The highest BCUT2D eigenvalue weighted by molar-refractivity contribution is 7.10. The van der Waals surface area contributed by atoms with Gasteiger partial charge in [-0.3, -0.25) is 0 Å². The Morgan fingerprint density at radius 2 is 2.04 bits per heavy atom. The minimum absolute atomic E-state index is 0.0518. The number of anilines is 1. The van der Waals surface area contributed by atoms with E-state index in [1.807, 2.05) is 12.1 Å². The summed E-state index contributed by atoms with van der Waals surface area (Å²) in [6.45, 7) is 4.43. The number of amides is 2. The average molecular weight is 365 g/mol. The zero-order chi connectivity index (χ0) is 16.9. The Bertz CT molecular complexity index is 671. The van der Waals surface area contributed by atoms with Crippen LogP contribution in [0, 0.1) is 0 Å². The molecule has 0 radical (unpaired) electrons. The Balaban J connectivity index is 1.66. The van der Waals surface area contributed by atoms with Crippen LogP contribution in [0.15, 0.2) is 41.8 Å². The monoisotopic (exact) mass is 364 g/mol. The molecular formula is C18H23ClN3OS+. The molecule has 1 fully saturated rings. The fourth-order valence-electron chi connectivity index (χ4n) is 3.43. The van der Waals surface area contributed by atoms with Gasteiger partial charge in [-0.15, -0.1) is 11.3 Å². The lowest BCUT2D eigenvalue weighted by Gasteiger charge is -2.29. The lowest BCUT2D eigenvalue weighted by atomic mass is 10.1. The fourth-order valence-corrected chi connectivity index (χ4v) is 4.61. The van der Waals surface area contributed by atoms with Crippen LogP contribution >= 0.6 is 22.9 Å². The molecule has 24 heavy (non-hydrogen) atoms. The minimum Gasteiger partial charge on any atom is -0.329 e. The number of likely N-dealkylation sites (tertiary alicyclic amines) is 1. The summed E-state index contributed by atoms with van der Waals surface area (Å²) in [6, 6.07) is 11.6. The summed E-state index contributed by atoms with van der Waals surface area (Å²) < 4.78 is 0. The van der Waals surface area contributed by atoms with Crippen LogP contribution in [-0.2, 0) is 0 Å². The number of quaternary nitrogens is 1. The van der Waals surface area contributed by atoms with E-state index in [0.717, 1.165) is 0 Å². The Morgan fingerprint density at radius 1 is 1.25 bits per heavy atom. The predicted molar refractivity (Wildman–Crippen MR) is 100 cm³/mol. The first-order chi connectivity index (χ1) is 11.6. The highest BCUT2D eigenvalue weighted by atomic mass is 35.5. The lowest BCUT2D eigenvalue weighted by molar-refractivity contribution is -0.920. The quantitative estimate of drug-likeness (QED) is 0.748. The average Bonchev–Trinajstić information content (AvgIpc) is 3.21. The maximum absolute atomic E-state index is 12.4. The van der Waals surface area contributed by atoms with Gasteiger partial charge < -0.3 is 15.5 Å². The third-order valence-corrected chi connectivity index (χ3v) is 5.67. The van der Waals surface area contributed by atoms with Gasteiger partial charge in [0, 0.05) is 23.6 Å². The molecule has 0 saturated carbocycles. The van der Waals surface area contributed by atoms with Crippen LogP contribution in [0.4, 0.5) is 10.5 Å². The maximum Gasteiger partial charge on any atom is 0.319 e. The molecule has 6 heteroatoms. The van der Waals surface area contributed by atoms with Crippen LogP contribution in [0.1, 0.15) is 30.7 Å². The first kappa shape index (κ1) is 17.3. The number of urea groups is 1. The highest BCUT2D eigenvalue weighted by Crippen LogP contribution is 2.21. The molecule has 1 aliphatic heterocycles. The van der Waals surface area contributed by atoms with Gasteiger partial charge in [-0.25, -0.2) is 4.79 Å². The molecule has 3 N–H and O–H groups in total. The van der Waals surface area contributed by atoms with E-state index < -0.39 is 0 Å². The van der Waals surface area contributed by atoms with Gasteiger partial charge >= 0.3 is 6.03 Å². The Labute approximate surface area is 151 Å². The molecule has 0 aliphatic carbocycles. The summed E-state index contributed by atoms with van der Waals surface area (Å²) in [4.78, 5) is 15.3. The first-order valence-electron chi connectivity index (χ1n) is 8.34. The van der Waals surface area contributed by atoms with Crippen molar-refractivity contribution in [1.29, 1.82) is 0 Å². The molecule has 1 aromatic carbocycles. The summed E-state index contributed by atoms with van der Waals surface area (Å²) in [6.07, 6.45) is 2.53. The number of nitrogens with one attached hydrogen (secondary N) is 3. The fraction of sp³-hybridized carbons (Fsp3) is 0.389. The van der Waals surface area contributed by atoms with Crippen molar-refractivity contribution in [2.24, 2.45) is 0 Å². The van der Waals surface area contributed by atoms with E-state index in [1.165, 1.54) is 30.8 Å². The van der Waals surface area contributed by atoms with E-state index in [1.54, 1.807) is 28.4 Å².